The lowest BCUT2D eigenvalue weighted by atomic mass is 10.3. The van der Waals surface area contributed by atoms with E-state index in [9.17, 15) is 0 Å². The Kier molecular flexibility index (Phi) is 6.21. The molecule has 0 spiro atoms. The highest BCUT2D eigenvalue weighted by Gasteiger charge is 2.09. The summed E-state index contributed by atoms with van der Waals surface area (Å²) in [5.41, 5.74) is 0. The van der Waals surface area contributed by atoms with Crippen molar-refractivity contribution in [3.8, 4) is 5.75 Å². The van der Waals surface area contributed by atoms with Crippen LogP contribution in [0.15, 0.2) is 6.33 Å². The molecule has 1 aromatic rings. The summed E-state index contributed by atoms with van der Waals surface area (Å²) in [6, 6.07) is 0. The summed E-state index contributed by atoms with van der Waals surface area (Å²) in [6.45, 7) is 1.98. The highest BCUT2D eigenvalue weighted by molar-refractivity contribution is 5.63. The molecule has 0 radical (unpaired) electrons. The van der Waals surface area contributed by atoms with Crippen molar-refractivity contribution in [3.05, 3.63) is 6.33 Å². The lowest BCUT2D eigenvalue weighted by Gasteiger charge is -2.13. The molecule has 1 heterocycles. The number of rotatable bonds is 8. The van der Waals surface area contributed by atoms with Gasteiger partial charge in [0.1, 0.15) is 6.33 Å². The molecule has 6 nitrogen and oxygen atoms in total. The van der Waals surface area contributed by atoms with Crippen LogP contribution in [-0.4, -0.2) is 56.2 Å². The van der Waals surface area contributed by atoms with E-state index < -0.39 is 0 Å². The third-order valence-electron chi connectivity index (χ3n) is 2.57. The second-order valence-electron chi connectivity index (χ2n) is 4.29. The van der Waals surface area contributed by atoms with Crippen molar-refractivity contribution in [1.29, 1.82) is 0 Å². The summed E-state index contributed by atoms with van der Waals surface area (Å²) < 4.78 is 5.30. The smallest absolute Gasteiger partial charge is 0.204 e. The molecule has 0 aromatic carbocycles. The van der Waals surface area contributed by atoms with Crippen molar-refractivity contribution in [2.75, 3.05) is 52.0 Å². The van der Waals surface area contributed by atoms with Crippen LogP contribution >= 0.6 is 0 Å². The van der Waals surface area contributed by atoms with Crippen LogP contribution in [0.4, 0.5) is 11.6 Å². The number of nitrogens with one attached hydrogen (secondary N) is 2. The monoisotopic (exact) mass is 253 g/mol. The molecule has 102 valence electrons. The van der Waals surface area contributed by atoms with Gasteiger partial charge in [-0.3, -0.25) is 0 Å². The van der Waals surface area contributed by atoms with Gasteiger partial charge in [0.2, 0.25) is 5.75 Å². The molecule has 0 aliphatic heterocycles. The van der Waals surface area contributed by atoms with Gasteiger partial charge in [-0.25, -0.2) is 9.97 Å². The molecule has 0 amide bonds. The normalized spacial score (nSPS) is 10.5. The molecular formula is C12H23N5O. The van der Waals surface area contributed by atoms with Crippen LogP contribution in [0.1, 0.15) is 12.8 Å². The van der Waals surface area contributed by atoms with Crippen molar-refractivity contribution >= 4 is 11.6 Å². The minimum Gasteiger partial charge on any atom is -0.490 e. The molecule has 0 saturated heterocycles. The minimum absolute atomic E-state index is 0.660. The van der Waals surface area contributed by atoms with Crippen molar-refractivity contribution in [1.82, 2.24) is 14.9 Å². The van der Waals surface area contributed by atoms with E-state index in [0.29, 0.717) is 11.6 Å². The summed E-state index contributed by atoms with van der Waals surface area (Å²) in [5, 5.41) is 6.26. The number of methoxy groups -OCH3 is 1. The first-order valence-electron chi connectivity index (χ1n) is 6.14. The topological polar surface area (TPSA) is 62.3 Å². The Morgan fingerprint density at radius 3 is 2.56 bits per heavy atom. The van der Waals surface area contributed by atoms with Gasteiger partial charge in [0, 0.05) is 13.6 Å². The maximum absolute atomic E-state index is 5.30. The third-order valence-corrected chi connectivity index (χ3v) is 2.57. The van der Waals surface area contributed by atoms with E-state index in [-0.39, 0.29) is 0 Å². The van der Waals surface area contributed by atoms with Crippen LogP contribution in [0.2, 0.25) is 0 Å². The average Bonchev–Trinajstić information content (AvgIpc) is 2.37. The number of unbranched alkanes of at least 4 members (excludes halogenated alkanes) is 1. The van der Waals surface area contributed by atoms with E-state index in [0.717, 1.165) is 31.7 Å². The highest BCUT2D eigenvalue weighted by Crippen LogP contribution is 2.28. The standard InChI is InChI=1S/C12H23N5O/c1-13-11-10(18-4)12(16-9-15-11)14-7-5-6-8-17(2)3/h9H,5-8H2,1-4H3,(H2,13,14,15,16). The Hall–Kier alpha value is -1.56. The molecule has 0 bridgehead atoms. The SMILES string of the molecule is CNc1ncnc(NCCCCN(C)C)c1OC. The molecule has 1 aromatic heterocycles. The molecular weight excluding hydrogens is 230 g/mol. The van der Waals surface area contributed by atoms with Crippen LogP contribution in [-0.2, 0) is 0 Å². The highest BCUT2D eigenvalue weighted by atomic mass is 16.5. The summed E-state index contributed by atoms with van der Waals surface area (Å²) in [5.74, 6) is 2.10. The maximum atomic E-state index is 5.30. The molecule has 0 aliphatic rings. The van der Waals surface area contributed by atoms with Gasteiger partial charge in [-0.1, -0.05) is 0 Å². The van der Waals surface area contributed by atoms with Crippen LogP contribution in [0.5, 0.6) is 5.75 Å². The molecule has 0 fully saturated rings. The fraction of sp³-hybridized carbons (Fsp3) is 0.667. The molecule has 1 rings (SSSR count). The van der Waals surface area contributed by atoms with Gasteiger partial charge in [0.25, 0.3) is 0 Å². The van der Waals surface area contributed by atoms with Gasteiger partial charge >= 0.3 is 0 Å². The van der Waals surface area contributed by atoms with Gasteiger partial charge in [-0.05, 0) is 33.5 Å². The third kappa shape index (κ3) is 4.37. The van der Waals surface area contributed by atoms with Crippen molar-refractivity contribution in [2.24, 2.45) is 0 Å². The average molecular weight is 253 g/mol. The molecule has 0 atom stereocenters. The zero-order valence-electron chi connectivity index (χ0n) is 11.7. The first-order chi connectivity index (χ1) is 8.69. The summed E-state index contributed by atoms with van der Waals surface area (Å²) in [6.07, 6.45) is 3.78. The number of anilines is 2. The Labute approximate surface area is 109 Å². The summed E-state index contributed by atoms with van der Waals surface area (Å²) in [7, 11) is 7.60. The van der Waals surface area contributed by atoms with E-state index in [1.807, 2.05) is 7.05 Å². The second kappa shape index (κ2) is 7.71. The zero-order valence-corrected chi connectivity index (χ0v) is 11.7. The maximum Gasteiger partial charge on any atom is 0.204 e. The minimum atomic E-state index is 0.660. The Bertz CT molecular complexity index is 356. The number of hydrogen-bond donors (Lipinski definition) is 2. The number of nitrogens with zero attached hydrogens (tertiary/aromatic N) is 3. The van der Waals surface area contributed by atoms with Crippen molar-refractivity contribution in [3.63, 3.8) is 0 Å². The first kappa shape index (κ1) is 14.5. The van der Waals surface area contributed by atoms with E-state index in [2.05, 4.69) is 39.6 Å². The van der Waals surface area contributed by atoms with E-state index >= 15 is 0 Å². The van der Waals surface area contributed by atoms with E-state index in [1.54, 1.807) is 7.11 Å². The van der Waals surface area contributed by atoms with Gasteiger partial charge < -0.3 is 20.3 Å². The van der Waals surface area contributed by atoms with Gasteiger partial charge in [-0.2, -0.15) is 0 Å². The molecule has 18 heavy (non-hydrogen) atoms. The van der Waals surface area contributed by atoms with Crippen LogP contribution in [0.25, 0.3) is 0 Å². The summed E-state index contributed by atoms with van der Waals surface area (Å²) in [4.78, 5) is 10.5. The molecule has 0 saturated carbocycles. The Morgan fingerprint density at radius 1 is 1.22 bits per heavy atom. The lowest BCUT2D eigenvalue weighted by molar-refractivity contribution is 0.396. The van der Waals surface area contributed by atoms with Crippen LogP contribution in [0, 0.1) is 0 Å². The summed E-state index contributed by atoms with van der Waals surface area (Å²) >= 11 is 0. The Balaban J connectivity index is 2.46. The predicted octanol–water partition coefficient (Wildman–Crippen LogP) is 1.28. The van der Waals surface area contributed by atoms with Crippen molar-refractivity contribution in [2.45, 2.75) is 12.8 Å². The lowest BCUT2D eigenvalue weighted by Crippen LogP contribution is -2.14. The predicted molar refractivity (Wildman–Crippen MR) is 74.4 cm³/mol. The number of hydrogen-bond acceptors (Lipinski definition) is 6. The first-order valence-corrected chi connectivity index (χ1v) is 6.14. The van der Waals surface area contributed by atoms with Gasteiger partial charge in [0.05, 0.1) is 7.11 Å². The molecule has 0 unspecified atom stereocenters. The Morgan fingerprint density at radius 2 is 1.94 bits per heavy atom. The number of aromatic nitrogens is 2. The zero-order chi connectivity index (χ0) is 13.4. The fourth-order valence-corrected chi connectivity index (χ4v) is 1.63. The quantitative estimate of drug-likeness (QED) is 0.681. The number of ether oxygens (including phenoxy) is 1. The second-order valence-corrected chi connectivity index (χ2v) is 4.29. The van der Waals surface area contributed by atoms with E-state index in [1.165, 1.54) is 6.33 Å². The van der Waals surface area contributed by atoms with E-state index in [4.69, 9.17) is 4.74 Å². The van der Waals surface area contributed by atoms with Gasteiger partial charge in [-0.15, -0.1) is 0 Å². The van der Waals surface area contributed by atoms with Crippen molar-refractivity contribution < 1.29 is 4.74 Å². The van der Waals surface area contributed by atoms with Crippen LogP contribution in [0.3, 0.4) is 0 Å². The largest absolute Gasteiger partial charge is 0.490 e. The molecule has 6 heteroatoms. The molecule has 0 aliphatic carbocycles. The molecule has 2 N–H and O–H groups in total. The van der Waals surface area contributed by atoms with Gasteiger partial charge in [0.15, 0.2) is 11.6 Å². The van der Waals surface area contributed by atoms with Crippen LogP contribution < -0.4 is 15.4 Å². The fourth-order valence-electron chi connectivity index (χ4n) is 1.63.